The van der Waals surface area contributed by atoms with Crippen LogP contribution in [0.3, 0.4) is 0 Å². The lowest BCUT2D eigenvalue weighted by Crippen LogP contribution is -2.56. The number of amides is 2. The molecule has 0 spiro atoms. The van der Waals surface area contributed by atoms with E-state index in [1.165, 1.54) is 12.1 Å². The summed E-state index contributed by atoms with van der Waals surface area (Å²) in [6.07, 6.45) is 1.99. The van der Waals surface area contributed by atoms with Crippen LogP contribution in [0.1, 0.15) is 19.8 Å². The normalized spacial score (nSPS) is 14.4. The molecule has 2 rings (SSSR count). The first kappa shape index (κ1) is 16.3. The molecule has 1 aliphatic heterocycles. The number of halogens is 1. The predicted octanol–water partition coefficient (Wildman–Crippen LogP) is 1.58. The number of nitrogens with one attached hydrogen (secondary N) is 1. The van der Waals surface area contributed by atoms with E-state index in [9.17, 15) is 14.0 Å². The van der Waals surface area contributed by atoms with Crippen LogP contribution < -0.4 is 10.1 Å². The van der Waals surface area contributed by atoms with Gasteiger partial charge >= 0.3 is 0 Å². The zero-order chi connectivity index (χ0) is 15.9. The van der Waals surface area contributed by atoms with Gasteiger partial charge in [-0.15, -0.1) is 0 Å². The fraction of sp³-hybridized carbons (Fsp3) is 0.500. The van der Waals surface area contributed by atoms with Gasteiger partial charge in [-0.05, 0) is 18.6 Å². The minimum absolute atomic E-state index is 0.00692. The fourth-order valence-corrected chi connectivity index (χ4v) is 2.17. The van der Waals surface area contributed by atoms with Gasteiger partial charge in [0.05, 0.1) is 5.92 Å². The van der Waals surface area contributed by atoms with Crippen LogP contribution in [0, 0.1) is 11.7 Å². The lowest BCUT2D eigenvalue weighted by Gasteiger charge is -2.38. The van der Waals surface area contributed by atoms with E-state index in [0.29, 0.717) is 19.6 Å². The number of hydrogen-bond acceptors (Lipinski definition) is 3. The van der Waals surface area contributed by atoms with Gasteiger partial charge < -0.3 is 15.0 Å². The summed E-state index contributed by atoms with van der Waals surface area (Å²) < 4.78 is 18.5. The van der Waals surface area contributed by atoms with Crippen LogP contribution in [0.2, 0.25) is 0 Å². The average Bonchev–Trinajstić information content (AvgIpc) is 2.45. The quantitative estimate of drug-likeness (QED) is 0.778. The van der Waals surface area contributed by atoms with Gasteiger partial charge in [-0.3, -0.25) is 9.59 Å². The van der Waals surface area contributed by atoms with E-state index in [0.717, 1.165) is 12.8 Å². The number of rotatable bonds is 7. The topological polar surface area (TPSA) is 58.6 Å². The van der Waals surface area contributed by atoms with E-state index in [1.54, 1.807) is 17.0 Å². The maximum atomic E-state index is 13.3. The maximum Gasteiger partial charge on any atom is 0.260 e. The lowest BCUT2D eigenvalue weighted by molar-refractivity contribution is -0.144. The molecule has 1 aromatic carbocycles. The van der Waals surface area contributed by atoms with Gasteiger partial charge in [0.25, 0.3) is 5.91 Å². The van der Waals surface area contributed by atoms with Crippen molar-refractivity contribution in [3.63, 3.8) is 0 Å². The second-order valence-corrected chi connectivity index (χ2v) is 5.36. The summed E-state index contributed by atoms with van der Waals surface area (Å²) in [5.74, 6) is -0.819. The molecule has 120 valence electrons. The molecule has 1 aromatic rings. The van der Waals surface area contributed by atoms with Crippen molar-refractivity contribution < 1.29 is 18.7 Å². The Bertz CT molecular complexity index is 530. The Labute approximate surface area is 129 Å². The molecule has 0 aliphatic carbocycles. The third-order valence-corrected chi connectivity index (χ3v) is 3.62. The van der Waals surface area contributed by atoms with E-state index in [4.69, 9.17) is 4.74 Å². The van der Waals surface area contributed by atoms with E-state index >= 15 is 0 Å². The molecule has 1 N–H and O–H groups in total. The molecule has 0 saturated carbocycles. The molecule has 0 bridgehead atoms. The number of unbranched alkanes of at least 4 members (excludes halogenated alkanes) is 1. The number of nitrogens with zero attached hydrogens (tertiary/aromatic N) is 1. The summed E-state index contributed by atoms with van der Waals surface area (Å²) in [4.78, 5) is 25.2. The highest BCUT2D eigenvalue weighted by atomic mass is 19.1. The van der Waals surface area contributed by atoms with Crippen molar-refractivity contribution in [2.75, 3.05) is 26.2 Å². The second kappa shape index (κ2) is 7.77. The zero-order valence-corrected chi connectivity index (χ0v) is 12.7. The van der Waals surface area contributed by atoms with Crippen LogP contribution in [0.4, 0.5) is 4.39 Å². The molecule has 5 nitrogen and oxygen atoms in total. The van der Waals surface area contributed by atoms with Crippen molar-refractivity contribution in [1.82, 2.24) is 10.2 Å². The standard InChI is InChI=1S/C16H21FN2O3/c1-2-3-8-18-16(21)12-9-19(10-12)15(20)11-22-14-7-5-4-6-13(14)17/h4-7,12H,2-3,8-11H2,1H3,(H,18,21). The minimum atomic E-state index is -0.493. The highest BCUT2D eigenvalue weighted by Crippen LogP contribution is 2.18. The van der Waals surface area contributed by atoms with Crippen molar-refractivity contribution in [3.8, 4) is 5.75 Å². The number of hydrogen-bond donors (Lipinski definition) is 1. The summed E-state index contributed by atoms with van der Waals surface area (Å²) in [5.41, 5.74) is 0. The average molecular weight is 308 g/mol. The molecule has 6 heteroatoms. The van der Waals surface area contributed by atoms with Gasteiger partial charge in [-0.25, -0.2) is 4.39 Å². The highest BCUT2D eigenvalue weighted by Gasteiger charge is 2.35. The SMILES string of the molecule is CCCCNC(=O)C1CN(C(=O)COc2ccccc2F)C1. The summed E-state index contributed by atoms with van der Waals surface area (Å²) in [7, 11) is 0. The van der Waals surface area contributed by atoms with Gasteiger partial charge in [-0.1, -0.05) is 25.5 Å². The molecule has 1 aliphatic rings. The van der Waals surface area contributed by atoms with Crippen LogP contribution in [-0.2, 0) is 9.59 Å². The van der Waals surface area contributed by atoms with Gasteiger partial charge in [0.2, 0.25) is 5.91 Å². The predicted molar refractivity (Wildman–Crippen MR) is 79.9 cm³/mol. The number of ether oxygens (including phenoxy) is 1. The number of carbonyl (C=O) groups excluding carboxylic acids is 2. The molecular weight excluding hydrogens is 287 g/mol. The van der Waals surface area contributed by atoms with Crippen molar-refractivity contribution in [3.05, 3.63) is 30.1 Å². The number of para-hydroxylation sites is 1. The van der Waals surface area contributed by atoms with E-state index < -0.39 is 5.82 Å². The van der Waals surface area contributed by atoms with Crippen molar-refractivity contribution >= 4 is 11.8 Å². The van der Waals surface area contributed by atoms with Gasteiger partial charge in [-0.2, -0.15) is 0 Å². The molecular formula is C16H21FN2O3. The van der Waals surface area contributed by atoms with Crippen LogP contribution in [0.25, 0.3) is 0 Å². The van der Waals surface area contributed by atoms with Gasteiger partial charge in [0, 0.05) is 19.6 Å². The Morgan fingerprint density at radius 1 is 1.36 bits per heavy atom. The molecule has 0 aromatic heterocycles. The number of likely N-dealkylation sites (tertiary alicyclic amines) is 1. The summed E-state index contributed by atoms with van der Waals surface area (Å²) in [6.45, 7) is 3.32. The van der Waals surface area contributed by atoms with Gasteiger partial charge in [0.1, 0.15) is 0 Å². The Balaban J connectivity index is 1.68. The molecule has 2 amide bonds. The second-order valence-electron chi connectivity index (χ2n) is 5.36. The monoisotopic (exact) mass is 308 g/mol. The maximum absolute atomic E-state index is 13.3. The molecule has 1 saturated heterocycles. The van der Waals surface area contributed by atoms with Crippen molar-refractivity contribution in [2.45, 2.75) is 19.8 Å². The van der Waals surface area contributed by atoms with Crippen LogP contribution in [0.5, 0.6) is 5.75 Å². The Kier molecular flexibility index (Phi) is 5.75. The third kappa shape index (κ3) is 4.19. The van der Waals surface area contributed by atoms with E-state index in [-0.39, 0.29) is 30.1 Å². The van der Waals surface area contributed by atoms with Gasteiger partial charge in [0.15, 0.2) is 18.2 Å². The number of carbonyl (C=O) groups is 2. The van der Waals surface area contributed by atoms with Crippen LogP contribution in [0.15, 0.2) is 24.3 Å². The molecule has 0 radical (unpaired) electrons. The van der Waals surface area contributed by atoms with Crippen LogP contribution in [-0.4, -0.2) is 43.0 Å². The van der Waals surface area contributed by atoms with Crippen LogP contribution >= 0.6 is 0 Å². The summed E-state index contributed by atoms with van der Waals surface area (Å²) in [6, 6.07) is 5.95. The molecule has 1 fully saturated rings. The van der Waals surface area contributed by atoms with Crippen molar-refractivity contribution in [2.24, 2.45) is 5.92 Å². The Morgan fingerprint density at radius 2 is 2.09 bits per heavy atom. The molecule has 0 atom stereocenters. The van der Waals surface area contributed by atoms with E-state index in [1.807, 2.05) is 0 Å². The Hall–Kier alpha value is -2.11. The smallest absolute Gasteiger partial charge is 0.260 e. The lowest BCUT2D eigenvalue weighted by atomic mass is 9.99. The molecule has 22 heavy (non-hydrogen) atoms. The largest absolute Gasteiger partial charge is 0.481 e. The Morgan fingerprint density at radius 3 is 2.77 bits per heavy atom. The first-order chi connectivity index (χ1) is 10.6. The number of benzene rings is 1. The molecule has 0 unspecified atom stereocenters. The molecule has 1 heterocycles. The fourth-order valence-electron chi connectivity index (χ4n) is 2.17. The zero-order valence-electron chi connectivity index (χ0n) is 12.7. The summed E-state index contributed by atoms with van der Waals surface area (Å²) >= 11 is 0. The third-order valence-electron chi connectivity index (χ3n) is 3.62. The summed E-state index contributed by atoms with van der Waals surface area (Å²) in [5, 5.41) is 2.85. The minimum Gasteiger partial charge on any atom is -0.481 e. The first-order valence-corrected chi connectivity index (χ1v) is 7.54. The van der Waals surface area contributed by atoms with Crippen molar-refractivity contribution in [1.29, 1.82) is 0 Å². The van der Waals surface area contributed by atoms with E-state index in [2.05, 4.69) is 12.2 Å². The highest BCUT2D eigenvalue weighted by molar-refractivity contribution is 5.85. The first-order valence-electron chi connectivity index (χ1n) is 7.54.